The van der Waals surface area contributed by atoms with Crippen LogP contribution in [0.25, 0.3) is 16.9 Å². The summed E-state index contributed by atoms with van der Waals surface area (Å²) in [6, 6.07) is 5.82. The van der Waals surface area contributed by atoms with E-state index in [2.05, 4.69) is 22.2 Å². The van der Waals surface area contributed by atoms with E-state index in [9.17, 15) is 4.79 Å². The number of rotatable bonds is 8. The highest BCUT2D eigenvalue weighted by molar-refractivity contribution is 5.98. The van der Waals surface area contributed by atoms with Gasteiger partial charge in [-0.25, -0.2) is 9.97 Å². The highest BCUT2D eigenvalue weighted by Crippen LogP contribution is 2.28. The molecule has 0 radical (unpaired) electrons. The maximum atomic E-state index is 12.8. The molecule has 164 valence electrons. The van der Waals surface area contributed by atoms with Gasteiger partial charge >= 0.3 is 0 Å². The van der Waals surface area contributed by atoms with Crippen LogP contribution in [0.1, 0.15) is 61.6 Å². The topological polar surface area (TPSA) is 81.4 Å². The van der Waals surface area contributed by atoms with Crippen LogP contribution in [0.4, 0.5) is 0 Å². The van der Waals surface area contributed by atoms with E-state index in [1.807, 2.05) is 29.5 Å². The molecule has 0 unspecified atom stereocenters. The van der Waals surface area contributed by atoms with Gasteiger partial charge in [-0.3, -0.25) is 14.2 Å². The van der Waals surface area contributed by atoms with Gasteiger partial charge in [-0.2, -0.15) is 0 Å². The summed E-state index contributed by atoms with van der Waals surface area (Å²) in [5.74, 6) is 0.482. The molecule has 3 aromatic heterocycles. The summed E-state index contributed by atoms with van der Waals surface area (Å²) in [7, 11) is 0. The second-order valence-corrected chi connectivity index (χ2v) is 8.37. The number of imidazole rings is 1. The minimum atomic E-state index is -0.169. The molecule has 1 N–H and O–H groups in total. The number of aryl methyl sites for hydroxylation is 1. The molecule has 7 heteroatoms. The Bertz CT molecular complexity index is 1010. The Morgan fingerprint density at radius 2 is 2.13 bits per heavy atom. The Morgan fingerprint density at radius 3 is 2.87 bits per heavy atom. The number of amides is 1. The lowest BCUT2D eigenvalue weighted by atomic mass is 9.85. The molecule has 31 heavy (non-hydrogen) atoms. The number of carbonyl (C=O) groups excluding carboxylic acids is 1. The average Bonchev–Trinajstić information content (AvgIpc) is 3.24. The van der Waals surface area contributed by atoms with Gasteiger partial charge in [0.1, 0.15) is 6.33 Å². The second kappa shape index (κ2) is 10.0. The summed E-state index contributed by atoms with van der Waals surface area (Å²) >= 11 is 0. The molecule has 1 fully saturated rings. The molecule has 3 aromatic rings. The summed E-state index contributed by atoms with van der Waals surface area (Å²) < 4.78 is 7.73. The lowest BCUT2D eigenvalue weighted by molar-refractivity contribution is 0.0177. The van der Waals surface area contributed by atoms with Crippen molar-refractivity contribution in [1.82, 2.24) is 24.7 Å². The van der Waals surface area contributed by atoms with Crippen LogP contribution in [0, 0.1) is 12.8 Å². The van der Waals surface area contributed by atoms with E-state index in [-0.39, 0.29) is 5.91 Å². The fourth-order valence-corrected chi connectivity index (χ4v) is 4.29. The number of fused-ring (bicyclic) bond motifs is 1. The zero-order valence-electron chi connectivity index (χ0n) is 18.4. The predicted octanol–water partition coefficient (Wildman–Crippen LogP) is 4.21. The van der Waals surface area contributed by atoms with E-state index >= 15 is 0 Å². The fourth-order valence-electron chi connectivity index (χ4n) is 4.29. The van der Waals surface area contributed by atoms with E-state index < -0.39 is 0 Å². The monoisotopic (exact) mass is 421 g/mol. The van der Waals surface area contributed by atoms with E-state index in [1.165, 1.54) is 12.8 Å². The Hall–Kier alpha value is -2.80. The number of nitrogens with zero attached hydrogens (tertiary/aromatic N) is 4. The number of carbonyl (C=O) groups is 1. The SMILES string of the molecule is CCCOC1CCC(CCNC(=O)c2ncn3c(C)cc(-c4cccnc4)nc23)CC1. The first-order valence-electron chi connectivity index (χ1n) is 11.3. The van der Waals surface area contributed by atoms with Gasteiger partial charge in [-0.15, -0.1) is 0 Å². The maximum absolute atomic E-state index is 12.8. The third-order valence-electron chi connectivity index (χ3n) is 6.06. The van der Waals surface area contributed by atoms with Crippen LogP contribution in [-0.4, -0.2) is 44.5 Å². The van der Waals surface area contributed by atoms with Gasteiger partial charge in [0.05, 0.1) is 11.8 Å². The van der Waals surface area contributed by atoms with Crippen LogP contribution >= 0.6 is 0 Å². The molecule has 0 atom stereocenters. The first kappa shape index (κ1) is 21.4. The van der Waals surface area contributed by atoms with Crippen molar-refractivity contribution in [2.45, 2.75) is 58.5 Å². The van der Waals surface area contributed by atoms with Crippen molar-refractivity contribution in [2.24, 2.45) is 5.92 Å². The van der Waals surface area contributed by atoms with Gasteiger partial charge in [0.25, 0.3) is 5.91 Å². The minimum absolute atomic E-state index is 0.169. The molecular formula is C24H31N5O2. The molecule has 7 nitrogen and oxygen atoms in total. The molecule has 1 amide bonds. The van der Waals surface area contributed by atoms with Gasteiger partial charge in [0, 0.05) is 36.8 Å². The van der Waals surface area contributed by atoms with Gasteiger partial charge < -0.3 is 10.1 Å². The minimum Gasteiger partial charge on any atom is -0.378 e. The summed E-state index contributed by atoms with van der Waals surface area (Å²) in [6.07, 6.45) is 12.3. The van der Waals surface area contributed by atoms with Crippen molar-refractivity contribution in [1.29, 1.82) is 0 Å². The van der Waals surface area contributed by atoms with Crippen LogP contribution < -0.4 is 5.32 Å². The first-order valence-corrected chi connectivity index (χ1v) is 11.3. The zero-order chi connectivity index (χ0) is 21.6. The standard InChI is InChI=1S/C24H31N5O2/c1-3-13-31-20-8-6-18(7-9-20)10-12-26-24(30)22-23-28-21(19-5-4-11-25-15-19)14-17(2)29(23)16-27-22/h4-5,11,14-16,18,20H,3,6-10,12-13H2,1-2H3,(H,26,30). The molecule has 0 saturated heterocycles. The number of pyridine rings is 1. The molecule has 3 heterocycles. The molecular weight excluding hydrogens is 390 g/mol. The van der Waals surface area contributed by atoms with Crippen molar-refractivity contribution < 1.29 is 9.53 Å². The summed E-state index contributed by atoms with van der Waals surface area (Å²) in [5.41, 5.74) is 3.61. The molecule has 0 aliphatic heterocycles. The van der Waals surface area contributed by atoms with Crippen LogP contribution in [0.15, 0.2) is 36.9 Å². The smallest absolute Gasteiger partial charge is 0.273 e. The van der Waals surface area contributed by atoms with Crippen LogP contribution in [0.2, 0.25) is 0 Å². The van der Waals surface area contributed by atoms with Gasteiger partial charge in [0.2, 0.25) is 0 Å². The molecule has 0 bridgehead atoms. The van der Waals surface area contributed by atoms with E-state index in [1.54, 1.807) is 18.7 Å². The van der Waals surface area contributed by atoms with Crippen molar-refractivity contribution in [3.8, 4) is 11.3 Å². The summed E-state index contributed by atoms with van der Waals surface area (Å²) in [6.45, 7) is 5.65. The normalized spacial score (nSPS) is 18.9. The fraction of sp³-hybridized carbons (Fsp3) is 0.500. The Kier molecular flexibility index (Phi) is 6.92. The lowest BCUT2D eigenvalue weighted by Crippen LogP contribution is -2.28. The highest BCUT2D eigenvalue weighted by atomic mass is 16.5. The lowest BCUT2D eigenvalue weighted by Gasteiger charge is -2.28. The third kappa shape index (κ3) is 5.10. The molecule has 1 saturated carbocycles. The van der Waals surface area contributed by atoms with Gasteiger partial charge in [0.15, 0.2) is 11.3 Å². The van der Waals surface area contributed by atoms with E-state index in [4.69, 9.17) is 9.72 Å². The second-order valence-electron chi connectivity index (χ2n) is 8.37. The Labute approximate surface area is 183 Å². The quantitative estimate of drug-likeness (QED) is 0.589. The van der Waals surface area contributed by atoms with Crippen molar-refractivity contribution >= 4 is 11.6 Å². The number of nitrogens with one attached hydrogen (secondary N) is 1. The van der Waals surface area contributed by atoms with Gasteiger partial charge in [-0.1, -0.05) is 6.92 Å². The number of ether oxygens (including phenoxy) is 1. The molecule has 0 spiro atoms. The molecule has 0 aromatic carbocycles. The Morgan fingerprint density at radius 1 is 1.29 bits per heavy atom. The van der Waals surface area contributed by atoms with Crippen molar-refractivity contribution in [2.75, 3.05) is 13.2 Å². The average molecular weight is 422 g/mol. The molecule has 1 aliphatic carbocycles. The van der Waals surface area contributed by atoms with Crippen molar-refractivity contribution in [3.63, 3.8) is 0 Å². The van der Waals surface area contributed by atoms with Crippen LogP contribution in [0.3, 0.4) is 0 Å². The van der Waals surface area contributed by atoms with E-state index in [0.29, 0.717) is 29.9 Å². The first-order chi connectivity index (χ1) is 15.2. The third-order valence-corrected chi connectivity index (χ3v) is 6.06. The Balaban J connectivity index is 1.37. The van der Waals surface area contributed by atoms with Crippen molar-refractivity contribution in [3.05, 3.63) is 48.3 Å². The number of hydrogen-bond donors (Lipinski definition) is 1. The number of aromatic nitrogens is 4. The predicted molar refractivity (Wildman–Crippen MR) is 120 cm³/mol. The molecule has 1 aliphatic rings. The summed E-state index contributed by atoms with van der Waals surface area (Å²) in [4.78, 5) is 26.1. The number of hydrogen-bond acceptors (Lipinski definition) is 5. The van der Waals surface area contributed by atoms with Crippen LogP contribution in [-0.2, 0) is 4.74 Å². The molecule has 4 rings (SSSR count). The maximum Gasteiger partial charge on any atom is 0.273 e. The zero-order valence-corrected chi connectivity index (χ0v) is 18.4. The van der Waals surface area contributed by atoms with Gasteiger partial charge in [-0.05, 0) is 69.6 Å². The highest BCUT2D eigenvalue weighted by Gasteiger charge is 2.22. The summed E-state index contributed by atoms with van der Waals surface area (Å²) in [5, 5.41) is 3.05. The van der Waals surface area contributed by atoms with E-state index in [0.717, 1.165) is 49.2 Å². The van der Waals surface area contributed by atoms with Crippen LogP contribution in [0.5, 0.6) is 0 Å². The largest absolute Gasteiger partial charge is 0.378 e.